The summed E-state index contributed by atoms with van der Waals surface area (Å²) >= 11 is 0. The van der Waals surface area contributed by atoms with Crippen LogP contribution in [0.1, 0.15) is 13.8 Å². The molecule has 0 amide bonds. The van der Waals surface area contributed by atoms with Crippen molar-refractivity contribution in [2.24, 2.45) is 0 Å². The van der Waals surface area contributed by atoms with Gasteiger partial charge in [0.25, 0.3) is 0 Å². The average Bonchev–Trinajstić information content (AvgIpc) is 1.38. The van der Waals surface area contributed by atoms with Crippen LogP contribution in [0.2, 0.25) is 0 Å². The molecule has 0 saturated carbocycles. The molecule has 0 aromatic heterocycles. The molecule has 0 aromatic rings. The van der Waals surface area contributed by atoms with Crippen molar-refractivity contribution in [3.63, 3.8) is 0 Å². The second-order valence-electron chi connectivity index (χ2n) is 1.28. The maximum atomic E-state index is 3.52. The summed E-state index contributed by atoms with van der Waals surface area (Å²) in [6.45, 7) is 7.56. The van der Waals surface area contributed by atoms with E-state index in [1.165, 1.54) is 5.57 Å². The Morgan fingerprint density at radius 2 is 1.67 bits per heavy atom. The van der Waals surface area contributed by atoms with Gasteiger partial charge in [-0.1, -0.05) is 0 Å². The van der Waals surface area contributed by atoms with Gasteiger partial charge in [-0.05, 0) is 0 Å². The van der Waals surface area contributed by atoms with Crippen LogP contribution in [0, 0.1) is 6.92 Å². The third-order valence-electron chi connectivity index (χ3n) is 0.408. The first-order valence-electron chi connectivity index (χ1n) is 1.70. The number of hydrogen-bond acceptors (Lipinski definition) is 0. The van der Waals surface area contributed by atoms with Gasteiger partial charge in [-0.3, -0.25) is 0 Å². The summed E-state index contributed by atoms with van der Waals surface area (Å²) in [5.41, 5.74) is 1.27. The number of rotatable bonds is 0. The van der Waals surface area contributed by atoms with Gasteiger partial charge in [0, 0.05) is 20.1 Å². The van der Waals surface area contributed by atoms with Crippen LogP contribution in [0.5, 0.6) is 0 Å². The van der Waals surface area contributed by atoms with Crippen LogP contribution in [0.4, 0.5) is 0 Å². The predicted molar refractivity (Wildman–Crippen MR) is 24.8 cm³/mol. The molecule has 1 heteroatoms. The van der Waals surface area contributed by atoms with E-state index in [0.29, 0.717) is 0 Å². The molecule has 0 saturated heterocycles. The Morgan fingerprint density at radius 3 is 1.67 bits per heavy atom. The first kappa shape index (κ1) is 9.54. The Kier molecular flexibility index (Phi) is 8.37. The minimum atomic E-state index is 0. The number of hydrogen-bond donors (Lipinski definition) is 0. The van der Waals surface area contributed by atoms with Gasteiger partial charge >= 0.3 is 0 Å². The standard InChI is InChI=1S/C5H9.Ir/c1-4-5(2)3;/h4H,1H2,2-3H3;/q-1;. The maximum absolute atomic E-state index is 3.52. The topological polar surface area (TPSA) is 0 Å². The average molecular weight is 261 g/mol. The summed E-state index contributed by atoms with van der Waals surface area (Å²) in [6, 6.07) is 0. The Bertz CT molecular complexity index is 41.9. The third kappa shape index (κ3) is 8.86. The molecule has 0 aliphatic carbocycles. The van der Waals surface area contributed by atoms with E-state index in [2.05, 4.69) is 6.92 Å². The number of allylic oxidation sites excluding steroid dienone is 2. The zero-order valence-electron chi connectivity index (χ0n) is 4.12. The summed E-state index contributed by atoms with van der Waals surface area (Å²) in [5, 5.41) is 0. The third-order valence-corrected chi connectivity index (χ3v) is 0.408. The van der Waals surface area contributed by atoms with Crippen LogP contribution >= 0.6 is 0 Å². The fourth-order valence-corrected chi connectivity index (χ4v) is 0. The zero-order valence-corrected chi connectivity index (χ0v) is 6.51. The molecule has 0 fully saturated rings. The fraction of sp³-hybridized carbons (Fsp3) is 0.400. The summed E-state index contributed by atoms with van der Waals surface area (Å²) in [7, 11) is 0. The molecule has 0 nitrogen and oxygen atoms in total. The van der Waals surface area contributed by atoms with Gasteiger partial charge in [0.05, 0.1) is 0 Å². The van der Waals surface area contributed by atoms with E-state index < -0.39 is 0 Å². The van der Waals surface area contributed by atoms with Crippen LogP contribution in [0.15, 0.2) is 11.6 Å². The van der Waals surface area contributed by atoms with E-state index in [1.54, 1.807) is 0 Å². The Hall–Kier alpha value is 0.259. The van der Waals surface area contributed by atoms with Gasteiger partial charge in [0.15, 0.2) is 0 Å². The van der Waals surface area contributed by atoms with E-state index in [0.717, 1.165) is 0 Å². The van der Waals surface area contributed by atoms with Crippen molar-refractivity contribution in [1.29, 1.82) is 0 Å². The van der Waals surface area contributed by atoms with Gasteiger partial charge in [-0.25, -0.2) is 18.6 Å². The molecule has 0 aromatic carbocycles. The predicted octanol–water partition coefficient (Wildman–Crippen LogP) is 1.78. The van der Waals surface area contributed by atoms with Crippen LogP contribution in [-0.4, -0.2) is 0 Å². The van der Waals surface area contributed by atoms with Crippen molar-refractivity contribution < 1.29 is 20.1 Å². The molecule has 39 valence electrons. The molecule has 0 N–H and O–H groups in total. The van der Waals surface area contributed by atoms with E-state index in [1.807, 2.05) is 19.9 Å². The van der Waals surface area contributed by atoms with Crippen molar-refractivity contribution in [3.8, 4) is 0 Å². The summed E-state index contributed by atoms with van der Waals surface area (Å²) < 4.78 is 0. The van der Waals surface area contributed by atoms with Gasteiger partial charge in [0.1, 0.15) is 0 Å². The quantitative estimate of drug-likeness (QED) is 0.583. The Morgan fingerprint density at radius 1 is 1.50 bits per heavy atom. The van der Waals surface area contributed by atoms with E-state index in [-0.39, 0.29) is 20.1 Å². The van der Waals surface area contributed by atoms with E-state index in [4.69, 9.17) is 0 Å². The smallest absolute Gasteiger partial charge is 0 e. The molecule has 0 bridgehead atoms. The van der Waals surface area contributed by atoms with E-state index >= 15 is 0 Å². The molecule has 0 aliphatic rings. The molecule has 0 unspecified atom stereocenters. The minimum absolute atomic E-state index is 0. The van der Waals surface area contributed by atoms with Gasteiger partial charge in [0.2, 0.25) is 0 Å². The van der Waals surface area contributed by atoms with Crippen LogP contribution in [0.25, 0.3) is 0 Å². The Balaban J connectivity index is 0. The van der Waals surface area contributed by atoms with Crippen molar-refractivity contribution in [2.45, 2.75) is 13.8 Å². The Labute approximate surface area is 53.0 Å². The van der Waals surface area contributed by atoms with Gasteiger partial charge < -0.3 is 0 Å². The van der Waals surface area contributed by atoms with E-state index in [9.17, 15) is 0 Å². The van der Waals surface area contributed by atoms with Crippen molar-refractivity contribution >= 4 is 0 Å². The van der Waals surface area contributed by atoms with Crippen LogP contribution in [-0.2, 0) is 20.1 Å². The molecule has 0 aliphatic heterocycles. The van der Waals surface area contributed by atoms with Crippen LogP contribution in [0.3, 0.4) is 0 Å². The summed E-state index contributed by atoms with van der Waals surface area (Å²) in [6.07, 6.45) is 1.83. The molecule has 1 radical (unpaired) electrons. The SMILES string of the molecule is [CH2-]C=C(C)C.[Ir]. The second-order valence-corrected chi connectivity index (χ2v) is 1.28. The zero-order chi connectivity index (χ0) is 4.28. The van der Waals surface area contributed by atoms with Crippen molar-refractivity contribution in [2.75, 3.05) is 0 Å². The monoisotopic (exact) mass is 262 g/mol. The van der Waals surface area contributed by atoms with Gasteiger partial charge in [-0.15, -0.1) is 13.8 Å². The molecule has 0 rings (SSSR count). The molecular formula is C5H9Ir-. The molecular weight excluding hydrogens is 252 g/mol. The molecule has 6 heavy (non-hydrogen) atoms. The summed E-state index contributed by atoms with van der Waals surface area (Å²) in [5.74, 6) is 0. The molecule has 0 spiro atoms. The summed E-state index contributed by atoms with van der Waals surface area (Å²) in [4.78, 5) is 0. The largest absolute Gasteiger partial charge is 0.245 e. The molecule has 0 atom stereocenters. The van der Waals surface area contributed by atoms with Crippen molar-refractivity contribution in [1.82, 2.24) is 0 Å². The van der Waals surface area contributed by atoms with Gasteiger partial charge in [-0.2, -0.15) is 0 Å². The fourth-order valence-electron chi connectivity index (χ4n) is 0. The maximum Gasteiger partial charge on any atom is 0 e. The second kappa shape index (κ2) is 5.26. The first-order valence-corrected chi connectivity index (χ1v) is 1.70. The first-order chi connectivity index (χ1) is 2.27. The van der Waals surface area contributed by atoms with Crippen LogP contribution < -0.4 is 0 Å². The molecule has 0 heterocycles. The minimum Gasteiger partial charge on any atom is -0.245 e. The van der Waals surface area contributed by atoms with Crippen molar-refractivity contribution in [3.05, 3.63) is 18.6 Å². The normalized spacial score (nSPS) is 5.67.